The van der Waals surface area contributed by atoms with Crippen LogP contribution in [0.1, 0.15) is 33.6 Å². The number of carboxylic acids is 1. The third-order valence-electron chi connectivity index (χ3n) is 2.72. The Kier molecular flexibility index (Phi) is 7.03. The summed E-state index contributed by atoms with van der Waals surface area (Å²) in [4.78, 5) is 11.1. The average molecular weight is 249 g/mol. The Hall–Kier alpha value is -0.260. The van der Waals surface area contributed by atoms with Crippen molar-refractivity contribution in [2.24, 2.45) is 0 Å². The smallest absolute Gasteiger partial charge is 0.323 e. The summed E-state index contributed by atoms with van der Waals surface area (Å²) in [5, 5.41) is 21.4. The molecule has 0 bridgehead atoms. The van der Waals surface area contributed by atoms with E-state index in [9.17, 15) is 4.79 Å². The van der Waals surface area contributed by atoms with E-state index in [1.807, 2.05) is 6.92 Å². The highest BCUT2D eigenvalue weighted by molar-refractivity contribution is 8.00. The minimum absolute atomic E-state index is 0.184. The van der Waals surface area contributed by atoms with Crippen LogP contribution < -0.4 is 5.32 Å². The molecule has 0 saturated heterocycles. The predicted molar refractivity (Wildman–Crippen MR) is 67.9 cm³/mol. The first-order valence-corrected chi connectivity index (χ1v) is 6.48. The van der Waals surface area contributed by atoms with E-state index in [0.29, 0.717) is 11.7 Å². The predicted octanol–water partition coefficient (Wildman–Crippen LogP) is 1.33. The van der Waals surface area contributed by atoms with Crippen molar-refractivity contribution in [3.8, 4) is 0 Å². The maximum absolute atomic E-state index is 11.1. The number of aliphatic hydroxyl groups is 1. The number of aliphatic carboxylic acids is 1. The summed E-state index contributed by atoms with van der Waals surface area (Å²) in [5.74, 6) is -0.822. The second kappa shape index (κ2) is 7.14. The first kappa shape index (κ1) is 15.7. The van der Waals surface area contributed by atoms with E-state index in [-0.39, 0.29) is 11.9 Å². The SMILES string of the molecule is CNC(C)(CC(C)SC(C)CCO)C(=O)O. The van der Waals surface area contributed by atoms with Crippen LogP contribution in [0.2, 0.25) is 0 Å². The van der Waals surface area contributed by atoms with Crippen LogP contribution in [0.25, 0.3) is 0 Å². The number of nitrogens with one attached hydrogen (secondary N) is 1. The van der Waals surface area contributed by atoms with E-state index in [2.05, 4.69) is 12.2 Å². The monoisotopic (exact) mass is 249 g/mol. The number of rotatable bonds is 8. The summed E-state index contributed by atoms with van der Waals surface area (Å²) in [6.07, 6.45) is 1.32. The summed E-state index contributed by atoms with van der Waals surface area (Å²) in [6, 6.07) is 0. The maximum atomic E-state index is 11.1. The molecule has 0 aromatic heterocycles. The standard InChI is InChI=1S/C11H23NO3S/c1-8(5-6-13)16-9(2)7-11(3,12-4)10(14)15/h8-9,12-13H,5-7H2,1-4H3,(H,14,15). The molecule has 3 atom stereocenters. The van der Waals surface area contributed by atoms with Gasteiger partial charge in [0.2, 0.25) is 0 Å². The Morgan fingerprint density at radius 2 is 2.00 bits per heavy atom. The molecular formula is C11H23NO3S. The number of hydrogen-bond acceptors (Lipinski definition) is 4. The highest BCUT2D eigenvalue weighted by atomic mass is 32.2. The molecule has 0 radical (unpaired) electrons. The molecule has 4 nitrogen and oxygen atoms in total. The van der Waals surface area contributed by atoms with Gasteiger partial charge in [-0.15, -0.1) is 0 Å². The lowest BCUT2D eigenvalue weighted by atomic mass is 9.96. The Morgan fingerprint density at radius 1 is 1.44 bits per heavy atom. The van der Waals surface area contributed by atoms with Crippen molar-refractivity contribution in [2.45, 2.75) is 49.7 Å². The molecule has 0 saturated carbocycles. The van der Waals surface area contributed by atoms with Gasteiger partial charge < -0.3 is 15.5 Å². The normalized spacial score (nSPS) is 18.8. The Morgan fingerprint density at radius 3 is 2.38 bits per heavy atom. The molecule has 0 aliphatic rings. The molecule has 3 N–H and O–H groups in total. The van der Waals surface area contributed by atoms with Gasteiger partial charge in [-0.05, 0) is 26.8 Å². The lowest BCUT2D eigenvalue weighted by Gasteiger charge is -2.28. The number of hydrogen-bond donors (Lipinski definition) is 3. The van der Waals surface area contributed by atoms with Crippen molar-refractivity contribution in [3.05, 3.63) is 0 Å². The maximum Gasteiger partial charge on any atom is 0.323 e. The lowest BCUT2D eigenvalue weighted by Crippen LogP contribution is -2.49. The molecule has 0 fully saturated rings. The summed E-state index contributed by atoms with van der Waals surface area (Å²) in [7, 11) is 1.67. The fourth-order valence-corrected chi connectivity index (χ4v) is 3.03. The number of thioether (sulfide) groups is 1. The van der Waals surface area contributed by atoms with Gasteiger partial charge in [-0.25, -0.2) is 0 Å². The van der Waals surface area contributed by atoms with Gasteiger partial charge in [0.25, 0.3) is 0 Å². The largest absolute Gasteiger partial charge is 0.480 e. The highest BCUT2D eigenvalue weighted by Gasteiger charge is 2.33. The van der Waals surface area contributed by atoms with Crippen molar-refractivity contribution < 1.29 is 15.0 Å². The first-order chi connectivity index (χ1) is 7.35. The van der Waals surface area contributed by atoms with Gasteiger partial charge in [0.15, 0.2) is 0 Å². The van der Waals surface area contributed by atoms with Gasteiger partial charge >= 0.3 is 5.97 Å². The van der Waals surface area contributed by atoms with Crippen molar-refractivity contribution in [2.75, 3.05) is 13.7 Å². The van der Waals surface area contributed by atoms with E-state index < -0.39 is 11.5 Å². The Balaban J connectivity index is 4.21. The van der Waals surface area contributed by atoms with Crippen molar-refractivity contribution >= 4 is 17.7 Å². The molecule has 0 aliphatic heterocycles. The van der Waals surface area contributed by atoms with E-state index in [4.69, 9.17) is 10.2 Å². The zero-order valence-electron chi connectivity index (χ0n) is 10.5. The van der Waals surface area contributed by atoms with Crippen LogP contribution >= 0.6 is 11.8 Å². The molecule has 0 spiro atoms. The zero-order chi connectivity index (χ0) is 12.8. The Labute approximate surface area is 102 Å². The average Bonchev–Trinajstić information content (AvgIpc) is 2.17. The number of aliphatic hydroxyl groups excluding tert-OH is 1. The molecule has 96 valence electrons. The second-order valence-electron chi connectivity index (χ2n) is 4.36. The van der Waals surface area contributed by atoms with E-state index in [0.717, 1.165) is 6.42 Å². The van der Waals surface area contributed by atoms with Crippen LogP contribution in [-0.2, 0) is 4.79 Å². The molecule has 3 unspecified atom stereocenters. The van der Waals surface area contributed by atoms with Crippen molar-refractivity contribution in [1.29, 1.82) is 0 Å². The Bertz CT molecular complexity index is 225. The van der Waals surface area contributed by atoms with Crippen LogP contribution in [0.5, 0.6) is 0 Å². The molecule has 0 aromatic carbocycles. The fraction of sp³-hybridized carbons (Fsp3) is 0.909. The van der Waals surface area contributed by atoms with E-state index in [1.165, 1.54) is 0 Å². The zero-order valence-corrected chi connectivity index (χ0v) is 11.3. The van der Waals surface area contributed by atoms with E-state index in [1.54, 1.807) is 25.7 Å². The third kappa shape index (κ3) is 5.18. The first-order valence-electron chi connectivity index (χ1n) is 5.54. The number of carbonyl (C=O) groups is 1. The highest BCUT2D eigenvalue weighted by Crippen LogP contribution is 2.26. The third-order valence-corrected chi connectivity index (χ3v) is 4.05. The van der Waals surface area contributed by atoms with Gasteiger partial charge in [0, 0.05) is 17.1 Å². The lowest BCUT2D eigenvalue weighted by molar-refractivity contribution is -0.144. The van der Waals surface area contributed by atoms with Gasteiger partial charge in [0.05, 0.1) is 0 Å². The van der Waals surface area contributed by atoms with Crippen molar-refractivity contribution in [3.63, 3.8) is 0 Å². The molecule has 0 aliphatic carbocycles. The molecule has 0 aromatic rings. The quantitative estimate of drug-likeness (QED) is 0.605. The molecule has 0 heterocycles. The topological polar surface area (TPSA) is 69.6 Å². The minimum atomic E-state index is -0.870. The van der Waals surface area contributed by atoms with Crippen molar-refractivity contribution in [1.82, 2.24) is 5.32 Å². The minimum Gasteiger partial charge on any atom is -0.480 e. The van der Waals surface area contributed by atoms with Gasteiger partial charge in [-0.3, -0.25) is 4.79 Å². The van der Waals surface area contributed by atoms with Gasteiger partial charge in [-0.2, -0.15) is 11.8 Å². The van der Waals surface area contributed by atoms with Crippen LogP contribution in [0.4, 0.5) is 0 Å². The molecule has 5 heteroatoms. The molecular weight excluding hydrogens is 226 g/mol. The summed E-state index contributed by atoms with van der Waals surface area (Å²) in [5.41, 5.74) is -0.870. The summed E-state index contributed by atoms with van der Waals surface area (Å²) in [6.45, 7) is 5.96. The number of carboxylic acid groups (broad SMARTS) is 1. The molecule has 16 heavy (non-hydrogen) atoms. The fourth-order valence-electron chi connectivity index (χ4n) is 1.57. The van der Waals surface area contributed by atoms with Crippen LogP contribution in [0, 0.1) is 0 Å². The summed E-state index contributed by atoms with van der Waals surface area (Å²) >= 11 is 1.72. The molecule has 0 rings (SSSR count). The number of likely N-dealkylation sites (N-methyl/N-ethyl adjacent to an activating group) is 1. The van der Waals surface area contributed by atoms with Gasteiger partial charge in [0.1, 0.15) is 5.54 Å². The van der Waals surface area contributed by atoms with Gasteiger partial charge in [-0.1, -0.05) is 13.8 Å². The summed E-state index contributed by atoms with van der Waals surface area (Å²) < 4.78 is 0. The van der Waals surface area contributed by atoms with Crippen LogP contribution in [-0.4, -0.2) is 45.9 Å². The van der Waals surface area contributed by atoms with Crippen LogP contribution in [0.15, 0.2) is 0 Å². The molecule has 0 amide bonds. The van der Waals surface area contributed by atoms with Crippen LogP contribution in [0.3, 0.4) is 0 Å². The van der Waals surface area contributed by atoms with E-state index >= 15 is 0 Å². The second-order valence-corrected chi connectivity index (χ2v) is 6.24.